The molecule has 0 amide bonds. The van der Waals surface area contributed by atoms with Crippen molar-refractivity contribution in [3.8, 4) is 0 Å². The van der Waals surface area contributed by atoms with Crippen LogP contribution in [0.25, 0.3) is 0 Å². The molecule has 0 saturated heterocycles. The van der Waals surface area contributed by atoms with E-state index in [2.05, 4.69) is 4.90 Å². The Kier molecular flexibility index (Phi) is 5.74. The quantitative estimate of drug-likeness (QED) is 0.573. The fourth-order valence-electron chi connectivity index (χ4n) is 1.65. The summed E-state index contributed by atoms with van der Waals surface area (Å²) in [6.45, 7) is 4.78. The topological polar surface area (TPSA) is 62.3 Å². The van der Waals surface area contributed by atoms with Gasteiger partial charge < -0.3 is 10.5 Å². The number of nitrogen functional groups attached to an aromatic ring is 1. The molecule has 0 fully saturated rings. The lowest BCUT2D eigenvalue weighted by molar-refractivity contribution is 0.147. The summed E-state index contributed by atoms with van der Waals surface area (Å²) >= 11 is 0. The molecule has 0 unspecified atom stereocenters. The van der Waals surface area contributed by atoms with Crippen molar-refractivity contribution in [2.45, 2.75) is 13.5 Å². The summed E-state index contributed by atoms with van der Waals surface area (Å²) < 4.78 is 18.8. The Bertz CT molecular complexity index is 409. The molecule has 0 atom stereocenters. The molecule has 1 aromatic rings. The average Bonchev–Trinajstić information content (AvgIpc) is 2.35. The van der Waals surface area contributed by atoms with Crippen LogP contribution in [-0.4, -0.2) is 37.5 Å². The van der Waals surface area contributed by atoms with E-state index >= 15 is 0 Å². The van der Waals surface area contributed by atoms with Gasteiger partial charge in [-0.15, -0.1) is 0 Å². The van der Waals surface area contributed by atoms with Gasteiger partial charge in [0.15, 0.2) is 0 Å². The van der Waals surface area contributed by atoms with Gasteiger partial charge >= 0.3 is 0 Å². The number of benzene rings is 1. The molecule has 0 aliphatic heterocycles. The second-order valence-corrected chi connectivity index (χ2v) is 4.08. The van der Waals surface area contributed by atoms with Crippen molar-refractivity contribution < 1.29 is 9.13 Å². The van der Waals surface area contributed by atoms with Crippen LogP contribution in [0.3, 0.4) is 0 Å². The Morgan fingerprint density at radius 1 is 1.50 bits per heavy atom. The summed E-state index contributed by atoms with van der Waals surface area (Å²) in [5, 5.41) is 7.26. The summed E-state index contributed by atoms with van der Waals surface area (Å²) in [6, 6.07) is 4.66. The van der Waals surface area contributed by atoms with Gasteiger partial charge in [-0.05, 0) is 12.6 Å². The number of ether oxygens (including phenoxy) is 1. The first kappa shape index (κ1) is 14.6. The van der Waals surface area contributed by atoms with Gasteiger partial charge in [-0.1, -0.05) is 19.1 Å². The Morgan fingerprint density at radius 2 is 2.22 bits per heavy atom. The van der Waals surface area contributed by atoms with Crippen LogP contribution in [0, 0.1) is 11.2 Å². The van der Waals surface area contributed by atoms with E-state index in [0.29, 0.717) is 24.3 Å². The number of halogens is 1. The minimum atomic E-state index is -0.321. The Labute approximate surface area is 107 Å². The van der Waals surface area contributed by atoms with E-state index in [-0.39, 0.29) is 11.7 Å². The standard InChI is InChI=1S/C13H20FN3O/c1-3-17(6-7-18-2)9-11-5-4-10(13(15)16)8-12(11)14/h4-5,8H,3,6-7,9H2,1-2H3,(H3,15,16). The highest BCUT2D eigenvalue weighted by Crippen LogP contribution is 2.12. The summed E-state index contributed by atoms with van der Waals surface area (Å²) in [5.41, 5.74) is 6.34. The van der Waals surface area contributed by atoms with Crippen LogP contribution in [0.1, 0.15) is 18.1 Å². The highest BCUT2D eigenvalue weighted by atomic mass is 19.1. The third-order valence-corrected chi connectivity index (χ3v) is 2.82. The molecule has 0 aliphatic rings. The first-order valence-electron chi connectivity index (χ1n) is 5.92. The molecule has 1 rings (SSSR count). The van der Waals surface area contributed by atoms with Crippen molar-refractivity contribution >= 4 is 5.84 Å². The summed E-state index contributed by atoms with van der Waals surface area (Å²) in [7, 11) is 1.65. The molecule has 0 aliphatic carbocycles. The van der Waals surface area contributed by atoms with E-state index in [0.717, 1.165) is 13.1 Å². The zero-order valence-corrected chi connectivity index (χ0v) is 10.9. The van der Waals surface area contributed by atoms with E-state index in [1.165, 1.54) is 6.07 Å². The third kappa shape index (κ3) is 4.09. The average molecular weight is 253 g/mol. The maximum atomic E-state index is 13.8. The van der Waals surface area contributed by atoms with Gasteiger partial charge in [0.1, 0.15) is 11.7 Å². The maximum Gasteiger partial charge on any atom is 0.128 e. The molecule has 0 bridgehead atoms. The fourth-order valence-corrected chi connectivity index (χ4v) is 1.65. The number of methoxy groups -OCH3 is 1. The Morgan fingerprint density at radius 3 is 2.72 bits per heavy atom. The number of nitrogens with two attached hydrogens (primary N) is 1. The van der Waals surface area contributed by atoms with Crippen LogP contribution in [0.15, 0.2) is 18.2 Å². The van der Waals surface area contributed by atoms with Gasteiger partial charge in [-0.3, -0.25) is 10.3 Å². The number of amidine groups is 1. The zero-order chi connectivity index (χ0) is 13.5. The normalized spacial score (nSPS) is 10.9. The molecule has 0 aromatic heterocycles. The number of rotatable bonds is 7. The minimum absolute atomic E-state index is 0.118. The largest absolute Gasteiger partial charge is 0.384 e. The molecule has 4 nitrogen and oxygen atoms in total. The predicted octanol–water partition coefficient (Wildman–Crippen LogP) is 1.58. The lowest BCUT2D eigenvalue weighted by Crippen LogP contribution is -2.27. The molecule has 0 heterocycles. The molecular weight excluding hydrogens is 233 g/mol. The second kappa shape index (κ2) is 7.08. The summed E-state index contributed by atoms with van der Waals surface area (Å²) in [6.07, 6.45) is 0. The predicted molar refractivity (Wildman–Crippen MR) is 70.2 cm³/mol. The second-order valence-electron chi connectivity index (χ2n) is 4.08. The number of nitrogens with one attached hydrogen (secondary N) is 1. The first-order valence-corrected chi connectivity index (χ1v) is 5.92. The fraction of sp³-hybridized carbons (Fsp3) is 0.462. The summed E-state index contributed by atoms with van der Waals surface area (Å²) in [5.74, 6) is -0.439. The van der Waals surface area contributed by atoms with E-state index < -0.39 is 0 Å². The molecule has 1 aromatic carbocycles. The van der Waals surface area contributed by atoms with Crippen LogP contribution in [-0.2, 0) is 11.3 Å². The number of nitrogens with zero attached hydrogens (tertiary/aromatic N) is 1. The van der Waals surface area contributed by atoms with Crippen LogP contribution in [0.5, 0.6) is 0 Å². The molecule has 0 spiro atoms. The van der Waals surface area contributed by atoms with Crippen LogP contribution >= 0.6 is 0 Å². The first-order chi connectivity index (χ1) is 8.58. The highest BCUT2D eigenvalue weighted by Gasteiger charge is 2.09. The van der Waals surface area contributed by atoms with Crippen LogP contribution in [0.2, 0.25) is 0 Å². The molecule has 100 valence electrons. The van der Waals surface area contributed by atoms with Gasteiger partial charge in [0.05, 0.1) is 6.61 Å². The van der Waals surface area contributed by atoms with Gasteiger partial charge in [-0.2, -0.15) is 0 Å². The van der Waals surface area contributed by atoms with Crippen molar-refractivity contribution in [2.24, 2.45) is 5.73 Å². The van der Waals surface area contributed by atoms with Crippen molar-refractivity contribution in [1.29, 1.82) is 5.41 Å². The van der Waals surface area contributed by atoms with Crippen LogP contribution in [0.4, 0.5) is 4.39 Å². The van der Waals surface area contributed by atoms with E-state index in [1.54, 1.807) is 19.2 Å². The smallest absolute Gasteiger partial charge is 0.128 e. The van der Waals surface area contributed by atoms with Crippen molar-refractivity contribution in [2.75, 3.05) is 26.8 Å². The SMILES string of the molecule is CCN(CCOC)Cc1ccc(C(=N)N)cc1F. The van der Waals surface area contributed by atoms with Crippen molar-refractivity contribution in [1.82, 2.24) is 4.90 Å². The van der Waals surface area contributed by atoms with E-state index in [1.807, 2.05) is 6.92 Å². The van der Waals surface area contributed by atoms with Gasteiger partial charge in [0.25, 0.3) is 0 Å². The van der Waals surface area contributed by atoms with Gasteiger partial charge in [-0.25, -0.2) is 4.39 Å². The molecule has 18 heavy (non-hydrogen) atoms. The summed E-state index contributed by atoms with van der Waals surface area (Å²) in [4.78, 5) is 2.09. The van der Waals surface area contributed by atoms with E-state index in [4.69, 9.17) is 15.9 Å². The Hall–Kier alpha value is -1.46. The highest BCUT2D eigenvalue weighted by molar-refractivity contribution is 5.94. The number of hydrogen-bond donors (Lipinski definition) is 2. The van der Waals surface area contributed by atoms with Crippen LogP contribution < -0.4 is 5.73 Å². The number of hydrogen-bond acceptors (Lipinski definition) is 3. The minimum Gasteiger partial charge on any atom is -0.384 e. The zero-order valence-electron chi connectivity index (χ0n) is 10.9. The van der Waals surface area contributed by atoms with Gasteiger partial charge in [0, 0.05) is 31.3 Å². The maximum absolute atomic E-state index is 13.8. The van der Waals surface area contributed by atoms with Crippen molar-refractivity contribution in [3.63, 3.8) is 0 Å². The molecule has 0 saturated carbocycles. The lowest BCUT2D eigenvalue weighted by Gasteiger charge is -2.20. The lowest BCUT2D eigenvalue weighted by atomic mass is 10.1. The van der Waals surface area contributed by atoms with E-state index in [9.17, 15) is 4.39 Å². The third-order valence-electron chi connectivity index (χ3n) is 2.82. The monoisotopic (exact) mass is 253 g/mol. The molecule has 5 heteroatoms. The van der Waals surface area contributed by atoms with Gasteiger partial charge in [0.2, 0.25) is 0 Å². The Balaban J connectivity index is 2.74. The molecule has 0 radical (unpaired) electrons. The molecule has 3 N–H and O–H groups in total. The molecular formula is C13H20FN3O. The number of likely N-dealkylation sites (N-methyl/N-ethyl adjacent to an activating group) is 1. The van der Waals surface area contributed by atoms with Crippen molar-refractivity contribution in [3.05, 3.63) is 35.1 Å².